The van der Waals surface area contributed by atoms with E-state index < -0.39 is 0 Å². The van der Waals surface area contributed by atoms with E-state index in [9.17, 15) is 0 Å². The predicted molar refractivity (Wildman–Crippen MR) is 123 cm³/mol. The summed E-state index contributed by atoms with van der Waals surface area (Å²) in [7, 11) is 0. The van der Waals surface area contributed by atoms with Crippen LogP contribution in [-0.2, 0) is 6.42 Å². The van der Waals surface area contributed by atoms with Crippen molar-refractivity contribution in [2.24, 2.45) is 0 Å². The zero-order valence-electron chi connectivity index (χ0n) is 16.8. The first kappa shape index (κ1) is 19.9. The number of likely N-dealkylation sites (tertiary alicyclic amines) is 1. The molecule has 0 aliphatic carbocycles. The van der Waals surface area contributed by atoms with Crippen molar-refractivity contribution >= 4 is 23.4 Å². The molecule has 3 heterocycles. The Morgan fingerprint density at radius 2 is 1.77 bits per heavy atom. The highest BCUT2D eigenvalue weighted by atomic mass is 35.5. The summed E-state index contributed by atoms with van der Waals surface area (Å²) in [6.07, 6.45) is 4.81. The number of thioether (sulfide) groups is 1. The van der Waals surface area contributed by atoms with Gasteiger partial charge in [-0.05, 0) is 61.8 Å². The van der Waals surface area contributed by atoms with Gasteiger partial charge in [0.25, 0.3) is 0 Å². The van der Waals surface area contributed by atoms with Crippen molar-refractivity contribution in [2.75, 3.05) is 25.4 Å². The quantitative estimate of drug-likeness (QED) is 0.280. The molecule has 6 heteroatoms. The number of para-hydroxylation sites is 1. The molecule has 0 saturated carbocycles. The molecule has 2 aromatic carbocycles. The molecule has 1 aromatic heterocycles. The molecule has 0 spiro atoms. The number of piperidine rings is 1. The van der Waals surface area contributed by atoms with Crippen molar-refractivity contribution in [2.45, 2.75) is 30.7 Å². The number of rotatable bonds is 5. The van der Waals surface area contributed by atoms with Gasteiger partial charge in [0.15, 0.2) is 5.82 Å². The third-order valence-corrected chi connectivity index (χ3v) is 6.92. The third-order valence-electron chi connectivity index (χ3n) is 5.68. The third kappa shape index (κ3) is 4.34. The van der Waals surface area contributed by atoms with Crippen LogP contribution in [0.3, 0.4) is 0 Å². The maximum Gasteiger partial charge on any atom is 0.227 e. The first-order valence-electron chi connectivity index (χ1n) is 10.5. The van der Waals surface area contributed by atoms with E-state index in [1.807, 2.05) is 48.2 Å². The van der Waals surface area contributed by atoms with Crippen LogP contribution in [0, 0.1) is 0 Å². The molecule has 0 atom stereocenters. The van der Waals surface area contributed by atoms with Crippen LogP contribution in [0.5, 0.6) is 11.6 Å². The second kappa shape index (κ2) is 8.96. The van der Waals surface area contributed by atoms with E-state index >= 15 is 0 Å². The molecular formula is C24H24ClN3OS. The van der Waals surface area contributed by atoms with Gasteiger partial charge in [-0.25, -0.2) is 4.98 Å². The lowest BCUT2D eigenvalue weighted by molar-refractivity contribution is 0.242. The number of benzene rings is 2. The van der Waals surface area contributed by atoms with E-state index in [-0.39, 0.29) is 0 Å². The molecule has 154 valence electrons. The number of hydrogen-bond acceptors (Lipinski definition) is 5. The van der Waals surface area contributed by atoms with Crippen molar-refractivity contribution < 1.29 is 4.74 Å². The largest absolute Gasteiger partial charge is 0.438 e. The molecule has 0 N–H and O–H groups in total. The van der Waals surface area contributed by atoms with Gasteiger partial charge < -0.3 is 9.64 Å². The topological polar surface area (TPSA) is 38.2 Å². The SMILES string of the molecule is Clc1ccc(-c2nc3c(c(SCCN4CCCCC4)n2)Cc2ccccc2O3)cc1. The van der Waals surface area contributed by atoms with Gasteiger partial charge in [0.1, 0.15) is 10.8 Å². The molecule has 0 radical (unpaired) electrons. The molecule has 4 nitrogen and oxygen atoms in total. The van der Waals surface area contributed by atoms with Gasteiger partial charge in [-0.2, -0.15) is 4.98 Å². The summed E-state index contributed by atoms with van der Waals surface area (Å²) in [4.78, 5) is 12.3. The van der Waals surface area contributed by atoms with Crippen LogP contribution >= 0.6 is 23.4 Å². The Morgan fingerprint density at radius 1 is 0.967 bits per heavy atom. The van der Waals surface area contributed by atoms with Crippen LogP contribution in [-0.4, -0.2) is 40.3 Å². The molecule has 5 rings (SSSR count). The van der Waals surface area contributed by atoms with Gasteiger partial charge in [0.05, 0.1) is 5.56 Å². The van der Waals surface area contributed by atoms with E-state index in [1.165, 1.54) is 37.9 Å². The van der Waals surface area contributed by atoms with Gasteiger partial charge in [-0.15, -0.1) is 11.8 Å². The molecule has 1 fully saturated rings. The normalized spacial score (nSPS) is 15.9. The zero-order valence-corrected chi connectivity index (χ0v) is 18.4. The summed E-state index contributed by atoms with van der Waals surface area (Å²) in [5.74, 6) is 3.26. The number of ether oxygens (including phenoxy) is 1. The average molecular weight is 438 g/mol. The molecule has 1 saturated heterocycles. The minimum Gasteiger partial charge on any atom is -0.438 e. The number of nitrogens with zero attached hydrogens (tertiary/aromatic N) is 3. The van der Waals surface area contributed by atoms with Crippen molar-refractivity contribution in [3.63, 3.8) is 0 Å². The Hall–Kier alpha value is -2.08. The smallest absolute Gasteiger partial charge is 0.227 e. The average Bonchev–Trinajstić information content (AvgIpc) is 2.79. The molecule has 30 heavy (non-hydrogen) atoms. The highest BCUT2D eigenvalue weighted by molar-refractivity contribution is 7.99. The Kier molecular flexibility index (Phi) is 5.93. The summed E-state index contributed by atoms with van der Waals surface area (Å²) < 4.78 is 6.20. The van der Waals surface area contributed by atoms with Crippen LogP contribution in [0.1, 0.15) is 30.4 Å². The fourth-order valence-corrected chi connectivity index (χ4v) is 5.18. The highest BCUT2D eigenvalue weighted by Gasteiger charge is 2.24. The number of fused-ring (bicyclic) bond motifs is 2. The minimum atomic E-state index is 0.675. The minimum absolute atomic E-state index is 0.675. The lowest BCUT2D eigenvalue weighted by Crippen LogP contribution is -2.31. The maximum absolute atomic E-state index is 6.20. The maximum atomic E-state index is 6.20. The van der Waals surface area contributed by atoms with Crippen LogP contribution in [0.2, 0.25) is 5.02 Å². The van der Waals surface area contributed by atoms with Crippen molar-refractivity contribution in [1.82, 2.24) is 14.9 Å². The van der Waals surface area contributed by atoms with E-state index in [0.29, 0.717) is 16.7 Å². The second-order valence-electron chi connectivity index (χ2n) is 7.78. The molecular weight excluding hydrogens is 414 g/mol. The Labute approximate surface area is 186 Å². The number of hydrogen-bond donors (Lipinski definition) is 0. The molecule has 0 bridgehead atoms. The van der Waals surface area contributed by atoms with Gasteiger partial charge in [0, 0.05) is 29.3 Å². The first-order chi connectivity index (χ1) is 14.8. The van der Waals surface area contributed by atoms with E-state index in [0.717, 1.165) is 40.6 Å². The van der Waals surface area contributed by atoms with Crippen LogP contribution in [0.4, 0.5) is 0 Å². The highest BCUT2D eigenvalue weighted by Crippen LogP contribution is 2.40. The number of aromatic nitrogens is 2. The fraction of sp³-hybridized carbons (Fsp3) is 0.333. The summed E-state index contributed by atoms with van der Waals surface area (Å²) in [6, 6.07) is 15.8. The van der Waals surface area contributed by atoms with Gasteiger partial charge in [-0.3, -0.25) is 0 Å². The summed E-state index contributed by atoms with van der Waals surface area (Å²) in [6.45, 7) is 3.53. The Morgan fingerprint density at radius 3 is 2.60 bits per heavy atom. The van der Waals surface area contributed by atoms with E-state index in [2.05, 4.69) is 17.0 Å². The lowest BCUT2D eigenvalue weighted by Gasteiger charge is -2.26. The van der Waals surface area contributed by atoms with Crippen molar-refractivity contribution in [3.05, 3.63) is 64.7 Å². The van der Waals surface area contributed by atoms with Gasteiger partial charge in [-0.1, -0.05) is 36.2 Å². The standard InChI is InChI=1S/C24H24ClN3OS/c25-19-10-8-17(9-11-19)22-26-23-20(16-18-6-2-3-7-21(18)29-23)24(27-22)30-15-14-28-12-4-1-5-13-28/h2-3,6-11H,1,4-5,12-16H2. The number of halogens is 1. The van der Waals surface area contributed by atoms with E-state index in [1.54, 1.807) is 0 Å². The molecule has 3 aromatic rings. The molecule has 2 aliphatic heterocycles. The van der Waals surface area contributed by atoms with E-state index in [4.69, 9.17) is 26.3 Å². The van der Waals surface area contributed by atoms with Crippen molar-refractivity contribution in [3.8, 4) is 23.0 Å². The van der Waals surface area contributed by atoms with Crippen LogP contribution < -0.4 is 4.74 Å². The Balaban J connectivity index is 1.44. The van der Waals surface area contributed by atoms with Crippen molar-refractivity contribution in [1.29, 1.82) is 0 Å². The predicted octanol–water partition coefficient (Wildman–Crippen LogP) is 6.07. The lowest BCUT2D eigenvalue weighted by atomic mass is 10.0. The first-order valence-corrected chi connectivity index (χ1v) is 11.9. The summed E-state index contributed by atoms with van der Waals surface area (Å²) in [5, 5.41) is 1.73. The summed E-state index contributed by atoms with van der Waals surface area (Å²) in [5.41, 5.74) is 3.23. The van der Waals surface area contributed by atoms with Gasteiger partial charge >= 0.3 is 0 Å². The molecule has 0 amide bonds. The zero-order chi connectivity index (χ0) is 20.3. The van der Waals surface area contributed by atoms with Gasteiger partial charge in [0.2, 0.25) is 5.88 Å². The fourth-order valence-electron chi connectivity index (χ4n) is 4.03. The Bertz CT molecular complexity index is 1040. The molecule has 0 unspecified atom stereocenters. The van der Waals surface area contributed by atoms with Crippen LogP contribution in [0.15, 0.2) is 53.6 Å². The second-order valence-corrected chi connectivity index (χ2v) is 9.30. The summed E-state index contributed by atoms with van der Waals surface area (Å²) >= 11 is 7.89. The van der Waals surface area contributed by atoms with Crippen LogP contribution in [0.25, 0.3) is 11.4 Å². The monoisotopic (exact) mass is 437 g/mol. The molecule has 2 aliphatic rings.